The normalized spacial score (nSPS) is 23.2. The molecule has 0 aromatic carbocycles. The zero-order chi connectivity index (χ0) is 8.39. The Labute approximate surface area is 71.3 Å². The lowest BCUT2D eigenvalue weighted by atomic mass is 10.3. The molecule has 1 aliphatic rings. The van der Waals surface area contributed by atoms with E-state index in [4.69, 9.17) is 10.5 Å². The van der Waals surface area contributed by atoms with Gasteiger partial charge in [0.1, 0.15) is 0 Å². The lowest BCUT2D eigenvalue weighted by molar-refractivity contribution is 0.184. The molecule has 12 heavy (non-hydrogen) atoms. The minimum Gasteiger partial charge on any atom is -0.379 e. The Bertz CT molecular complexity index is 253. The summed E-state index contributed by atoms with van der Waals surface area (Å²) >= 11 is 0. The molecule has 1 aliphatic heterocycles. The first-order chi connectivity index (χ1) is 5.90. The fourth-order valence-electron chi connectivity index (χ4n) is 1.42. The number of nitrogens with zero attached hydrogens (tertiary/aromatic N) is 2. The largest absolute Gasteiger partial charge is 0.379 e. The molecule has 1 aromatic heterocycles. The van der Waals surface area contributed by atoms with Gasteiger partial charge in [0.2, 0.25) is 0 Å². The zero-order valence-corrected chi connectivity index (χ0v) is 6.94. The van der Waals surface area contributed by atoms with Crippen molar-refractivity contribution in [1.29, 1.82) is 0 Å². The fraction of sp³-hybridized carbons (Fsp3) is 0.625. The van der Waals surface area contributed by atoms with Crippen molar-refractivity contribution in [2.45, 2.75) is 19.0 Å². The van der Waals surface area contributed by atoms with Crippen LogP contribution in [0.25, 0.3) is 0 Å². The van der Waals surface area contributed by atoms with Gasteiger partial charge in [0, 0.05) is 19.3 Å². The van der Waals surface area contributed by atoms with Gasteiger partial charge in [-0.25, -0.2) is 0 Å². The zero-order valence-electron chi connectivity index (χ0n) is 6.94. The summed E-state index contributed by atoms with van der Waals surface area (Å²) in [4.78, 5) is 0. The third-order valence-electron chi connectivity index (χ3n) is 2.15. The van der Waals surface area contributed by atoms with Crippen LogP contribution < -0.4 is 5.73 Å². The summed E-state index contributed by atoms with van der Waals surface area (Å²) < 4.78 is 7.22. The minimum absolute atomic E-state index is 0.422. The average Bonchev–Trinajstić information content (AvgIpc) is 2.75. The van der Waals surface area contributed by atoms with Crippen LogP contribution in [0, 0.1) is 0 Å². The highest BCUT2D eigenvalue weighted by Gasteiger charge is 2.17. The molecule has 4 heteroatoms. The summed E-state index contributed by atoms with van der Waals surface area (Å²) in [6.07, 6.45) is 3.03. The molecule has 66 valence electrons. The van der Waals surface area contributed by atoms with Crippen molar-refractivity contribution in [2.75, 3.05) is 13.2 Å². The van der Waals surface area contributed by atoms with Crippen LogP contribution in [0.3, 0.4) is 0 Å². The monoisotopic (exact) mass is 167 g/mol. The second-order valence-corrected chi connectivity index (χ2v) is 3.01. The van der Waals surface area contributed by atoms with Gasteiger partial charge in [-0.3, -0.25) is 4.68 Å². The maximum atomic E-state index is 5.45. The molecule has 1 fully saturated rings. The molecule has 2 heterocycles. The van der Waals surface area contributed by atoms with Crippen molar-refractivity contribution in [3.8, 4) is 0 Å². The van der Waals surface area contributed by atoms with Gasteiger partial charge in [0.05, 0.1) is 18.3 Å². The van der Waals surface area contributed by atoms with E-state index in [0.717, 1.165) is 25.3 Å². The molecule has 0 aliphatic carbocycles. The van der Waals surface area contributed by atoms with Crippen LogP contribution in [0.5, 0.6) is 0 Å². The molecule has 0 saturated carbocycles. The highest BCUT2D eigenvalue weighted by atomic mass is 16.5. The van der Waals surface area contributed by atoms with Gasteiger partial charge in [-0.1, -0.05) is 0 Å². The molecule has 0 bridgehead atoms. The molecule has 1 aromatic rings. The van der Waals surface area contributed by atoms with Gasteiger partial charge in [-0.05, 0) is 12.5 Å². The SMILES string of the molecule is NCc1ccn(C2CCOC2)n1. The summed E-state index contributed by atoms with van der Waals surface area (Å²) in [5.74, 6) is 0. The van der Waals surface area contributed by atoms with Crippen LogP contribution in [-0.4, -0.2) is 23.0 Å². The molecule has 0 spiro atoms. The van der Waals surface area contributed by atoms with E-state index in [-0.39, 0.29) is 0 Å². The quantitative estimate of drug-likeness (QED) is 0.689. The Kier molecular flexibility index (Phi) is 2.10. The average molecular weight is 167 g/mol. The van der Waals surface area contributed by atoms with Crippen LogP contribution in [0.1, 0.15) is 18.2 Å². The van der Waals surface area contributed by atoms with Gasteiger partial charge in [-0.2, -0.15) is 5.10 Å². The van der Waals surface area contributed by atoms with Crippen molar-refractivity contribution in [3.63, 3.8) is 0 Å². The van der Waals surface area contributed by atoms with E-state index < -0.39 is 0 Å². The fourth-order valence-corrected chi connectivity index (χ4v) is 1.42. The first-order valence-electron chi connectivity index (χ1n) is 4.22. The van der Waals surface area contributed by atoms with Crippen LogP contribution >= 0.6 is 0 Å². The Morgan fingerprint density at radius 1 is 1.75 bits per heavy atom. The van der Waals surface area contributed by atoms with Crippen molar-refractivity contribution < 1.29 is 4.74 Å². The lowest BCUT2D eigenvalue weighted by Crippen LogP contribution is -2.10. The molecular weight excluding hydrogens is 154 g/mol. The van der Waals surface area contributed by atoms with Crippen LogP contribution in [0.15, 0.2) is 12.3 Å². The number of aromatic nitrogens is 2. The number of hydrogen-bond acceptors (Lipinski definition) is 3. The topological polar surface area (TPSA) is 53.1 Å². The first-order valence-corrected chi connectivity index (χ1v) is 4.22. The Morgan fingerprint density at radius 3 is 3.25 bits per heavy atom. The van der Waals surface area contributed by atoms with Crippen LogP contribution in [0.2, 0.25) is 0 Å². The van der Waals surface area contributed by atoms with Crippen molar-refractivity contribution in [3.05, 3.63) is 18.0 Å². The van der Waals surface area contributed by atoms with Gasteiger partial charge < -0.3 is 10.5 Å². The molecular formula is C8H13N3O. The second kappa shape index (κ2) is 3.25. The predicted octanol–water partition coefficient (Wildman–Crippen LogP) is 0.303. The first kappa shape index (κ1) is 7.76. The maximum Gasteiger partial charge on any atom is 0.0774 e. The van der Waals surface area contributed by atoms with Crippen molar-refractivity contribution >= 4 is 0 Å². The highest BCUT2D eigenvalue weighted by Crippen LogP contribution is 2.17. The predicted molar refractivity (Wildman–Crippen MR) is 44.6 cm³/mol. The summed E-state index contributed by atoms with van der Waals surface area (Å²) in [7, 11) is 0. The molecule has 0 amide bonds. The smallest absolute Gasteiger partial charge is 0.0774 e. The summed E-state index contributed by atoms with van der Waals surface area (Å²) in [5.41, 5.74) is 6.40. The molecule has 2 rings (SSSR count). The van der Waals surface area contributed by atoms with Crippen LogP contribution in [-0.2, 0) is 11.3 Å². The van der Waals surface area contributed by atoms with E-state index in [1.54, 1.807) is 0 Å². The third-order valence-corrected chi connectivity index (χ3v) is 2.15. The second-order valence-electron chi connectivity index (χ2n) is 3.01. The molecule has 0 radical (unpaired) electrons. The van der Waals surface area contributed by atoms with Crippen molar-refractivity contribution in [2.24, 2.45) is 5.73 Å². The lowest BCUT2D eigenvalue weighted by Gasteiger charge is -2.06. The Hall–Kier alpha value is -0.870. The molecule has 4 nitrogen and oxygen atoms in total. The third kappa shape index (κ3) is 1.35. The van der Waals surface area contributed by atoms with E-state index in [1.165, 1.54) is 0 Å². The Balaban J connectivity index is 2.11. The van der Waals surface area contributed by atoms with Crippen molar-refractivity contribution in [1.82, 2.24) is 9.78 Å². The number of rotatable bonds is 2. The van der Waals surface area contributed by atoms with Crippen LogP contribution in [0.4, 0.5) is 0 Å². The summed E-state index contributed by atoms with van der Waals surface area (Å²) in [5, 5.41) is 4.32. The van der Waals surface area contributed by atoms with E-state index in [9.17, 15) is 0 Å². The maximum absolute atomic E-state index is 5.45. The van der Waals surface area contributed by atoms with E-state index in [1.807, 2.05) is 16.9 Å². The van der Waals surface area contributed by atoms with Gasteiger partial charge >= 0.3 is 0 Å². The molecule has 1 atom stereocenters. The number of ether oxygens (including phenoxy) is 1. The number of nitrogens with two attached hydrogens (primary N) is 1. The Morgan fingerprint density at radius 2 is 2.67 bits per heavy atom. The summed E-state index contributed by atoms with van der Waals surface area (Å²) in [6.45, 7) is 2.15. The van der Waals surface area contributed by atoms with Gasteiger partial charge in [0.15, 0.2) is 0 Å². The number of hydrogen-bond donors (Lipinski definition) is 1. The molecule has 1 saturated heterocycles. The minimum atomic E-state index is 0.422. The van der Waals surface area contributed by atoms with E-state index >= 15 is 0 Å². The highest BCUT2D eigenvalue weighted by molar-refractivity contribution is 4.99. The van der Waals surface area contributed by atoms with E-state index in [2.05, 4.69) is 5.10 Å². The van der Waals surface area contributed by atoms with Gasteiger partial charge in [0.25, 0.3) is 0 Å². The van der Waals surface area contributed by atoms with Gasteiger partial charge in [-0.15, -0.1) is 0 Å². The molecule has 1 unspecified atom stereocenters. The standard InChI is InChI=1S/C8H13N3O/c9-5-7-1-3-11(10-7)8-2-4-12-6-8/h1,3,8H,2,4-6,9H2. The molecule has 2 N–H and O–H groups in total. The van der Waals surface area contributed by atoms with E-state index in [0.29, 0.717) is 12.6 Å². The summed E-state index contributed by atoms with van der Waals surface area (Å²) in [6, 6.07) is 2.38.